The molecule has 25 heavy (non-hydrogen) atoms. The molecule has 1 aromatic carbocycles. The van der Waals surface area contributed by atoms with Gasteiger partial charge in [0.15, 0.2) is 0 Å². The number of hydrogen-bond donors (Lipinski definition) is 2. The van der Waals surface area contributed by atoms with Crippen LogP contribution in [0.3, 0.4) is 0 Å². The van der Waals surface area contributed by atoms with Gasteiger partial charge in [0.1, 0.15) is 18.4 Å². The first-order valence-corrected chi connectivity index (χ1v) is 8.36. The van der Waals surface area contributed by atoms with Crippen molar-refractivity contribution in [3.05, 3.63) is 53.0 Å². The average Bonchev–Trinajstić information content (AvgIpc) is 2.71. The molecular weight excluding hydrogens is 316 g/mol. The van der Waals surface area contributed by atoms with Gasteiger partial charge in [-0.1, -0.05) is 38.1 Å². The fourth-order valence-corrected chi connectivity index (χ4v) is 2.57. The second-order valence-corrected chi connectivity index (χ2v) is 4.91. The van der Waals surface area contributed by atoms with Crippen molar-refractivity contribution >= 4 is 12.6 Å². The average molecular weight is 346 g/mol. The summed E-state index contributed by atoms with van der Waals surface area (Å²) >= 11 is 0. The molecule has 0 atom stereocenters. The Morgan fingerprint density at radius 2 is 1.76 bits per heavy atom. The third-order valence-electron chi connectivity index (χ3n) is 3.54. The minimum atomic E-state index is 0.459. The number of nitrogens with two attached hydrogens (primary N) is 1. The Bertz CT molecular complexity index is 620. The lowest BCUT2D eigenvalue weighted by Crippen LogP contribution is -2.31. The lowest BCUT2D eigenvalue weighted by atomic mass is 10.00. The smallest absolute Gasteiger partial charge is 0.132 e. The third-order valence-corrected chi connectivity index (χ3v) is 3.54. The number of hydrogen-bond acceptors (Lipinski definition) is 6. The molecule has 0 bridgehead atoms. The fraction of sp³-hybridized carbons (Fsp3) is 0.421. The molecule has 3 N–H and O–H groups in total. The van der Waals surface area contributed by atoms with E-state index in [2.05, 4.69) is 39.1 Å². The summed E-state index contributed by atoms with van der Waals surface area (Å²) in [6.07, 6.45) is 1.07. The van der Waals surface area contributed by atoms with Crippen LogP contribution in [-0.4, -0.2) is 35.5 Å². The van der Waals surface area contributed by atoms with Gasteiger partial charge in [-0.3, -0.25) is 0 Å². The molecule has 6 nitrogen and oxygen atoms in total. The van der Waals surface area contributed by atoms with Crippen molar-refractivity contribution < 1.29 is 9.90 Å². The number of aromatic nitrogens is 2. The molecule has 2 aromatic rings. The van der Waals surface area contributed by atoms with Gasteiger partial charge in [-0.15, -0.1) is 0 Å². The van der Waals surface area contributed by atoms with E-state index in [4.69, 9.17) is 15.6 Å². The summed E-state index contributed by atoms with van der Waals surface area (Å²) < 4.78 is 0. The molecule has 0 spiro atoms. The highest BCUT2D eigenvalue weighted by molar-refractivity contribution is 5.45. The molecule has 138 valence electrons. The molecule has 6 heteroatoms. The summed E-state index contributed by atoms with van der Waals surface area (Å²) in [4.78, 5) is 19.2. The minimum Gasteiger partial charge on any atom is -0.400 e. The lowest BCUT2D eigenvalue weighted by Gasteiger charge is -2.30. The lowest BCUT2D eigenvalue weighted by molar-refractivity contribution is -0.0979. The van der Waals surface area contributed by atoms with Gasteiger partial charge in [0.05, 0.1) is 5.69 Å². The highest BCUT2D eigenvalue weighted by Crippen LogP contribution is 2.23. The number of aryl methyl sites for hydroxylation is 1. The van der Waals surface area contributed by atoms with Crippen LogP contribution in [0.25, 0.3) is 0 Å². The van der Waals surface area contributed by atoms with Crippen molar-refractivity contribution in [1.82, 2.24) is 9.97 Å². The normalized spacial score (nSPS) is 11.5. The van der Waals surface area contributed by atoms with Crippen molar-refractivity contribution in [3.63, 3.8) is 0 Å². The molecule has 0 amide bonds. The van der Waals surface area contributed by atoms with Crippen LogP contribution in [0.15, 0.2) is 30.3 Å². The van der Waals surface area contributed by atoms with E-state index in [1.54, 1.807) is 0 Å². The van der Waals surface area contributed by atoms with E-state index in [-0.39, 0.29) is 0 Å². The summed E-state index contributed by atoms with van der Waals surface area (Å²) in [6.45, 7) is 10.3. The van der Waals surface area contributed by atoms with Crippen molar-refractivity contribution in [2.75, 3.05) is 18.6 Å². The Kier molecular flexibility index (Phi) is 11.8. The van der Waals surface area contributed by atoms with Gasteiger partial charge < -0.3 is 20.5 Å². The summed E-state index contributed by atoms with van der Waals surface area (Å²) in [5.74, 6) is 1.78. The number of benzene rings is 1. The molecule has 2 heterocycles. The summed E-state index contributed by atoms with van der Waals surface area (Å²) in [7, 11) is 1.00. The molecule has 0 fully saturated rings. The summed E-state index contributed by atoms with van der Waals surface area (Å²) in [5, 5.41) is 7.00. The molecule has 0 saturated carbocycles. The van der Waals surface area contributed by atoms with E-state index in [9.17, 15) is 0 Å². The predicted octanol–water partition coefficient (Wildman–Crippen LogP) is 2.26. The molecule has 0 aliphatic carbocycles. The topological polar surface area (TPSA) is 92.3 Å². The van der Waals surface area contributed by atoms with E-state index < -0.39 is 0 Å². The van der Waals surface area contributed by atoms with Crippen LogP contribution in [-0.2, 0) is 24.3 Å². The SMILES string of the molecule is C=O.CC.CO.Cc1nc(CN)cc(N2CCc3ccccc3C2)n1. The molecule has 3 rings (SSSR count). The monoisotopic (exact) mass is 346 g/mol. The van der Waals surface area contributed by atoms with Crippen molar-refractivity contribution in [3.8, 4) is 0 Å². The second kappa shape index (κ2) is 13.0. The van der Waals surface area contributed by atoms with Crippen molar-refractivity contribution in [2.45, 2.75) is 40.3 Å². The van der Waals surface area contributed by atoms with Crippen LogP contribution in [0.1, 0.15) is 36.5 Å². The van der Waals surface area contributed by atoms with Gasteiger partial charge in [0, 0.05) is 32.8 Å². The summed E-state index contributed by atoms with van der Waals surface area (Å²) in [6, 6.07) is 10.6. The van der Waals surface area contributed by atoms with Gasteiger partial charge in [-0.2, -0.15) is 0 Å². The van der Waals surface area contributed by atoms with E-state index in [1.165, 1.54) is 11.1 Å². The van der Waals surface area contributed by atoms with Crippen molar-refractivity contribution in [1.29, 1.82) is 0 Å². The zero-order chi connectivity index (χ0) is 19.2. The van der Waals surface area contributed by atoms with Crippen LogP contribution < -0.4 is 10.6 Å². The first-order valence-electron chi connectivity index (χ1n) is 8.36. The number of aliphatic hydroxyl groups is 1. The fourth-order valence-electron chi connectivity index (χ4n) is 2.57. The molecule has 1 aliphatic rings. The van der Waals surface area contributed by atoms with Crippen LogP contribution in [0.5, 0.6) is 0 Å². The quantitative estimate of drug-likeness (QED) is 0.866. The highest BCUT2D eigenvalue weighted by Gasteiger charge is 2.17. The molecule has 0 saturated heterocycles. The van der Waals surface area contributed by atoms with Crippen LogP contribution in [0, 0.1) is 6.92 Å². The van der Waals surface area contributed by atoms with Crippen LogP contribution in [0.2, 0.25) is 0 Å². The number of rotatable bonds is 2. The highest BCUT2D eigenvalue weighted by atomic mass is 16.2. The Morgan fingerprint density at radius 3 is 2.36 bits per heavy atom. The van der Waals surface area contributed by atoms with Crippen LogP contribution >= 0.6 is 0 Å². The molecule has 0 unspecified atom stereocenters. The van der Waals surface area contributed by atoms with Gasteiger partial charge >= 0.3 is 0 Å². The van der Waals surface area contributed by atoms with Crippen LogP contribution in [0.4, 0.5) is 5.82 Å². The molecular formula is C19H30N4O2. The number of carbonyl (C=O) groups is 1. The van der Waals surface area contributed by atoms with Crippen molar-refractivity contribution in [2.24, 2.45) is 5.73 Å². The number of fused-ring (bicyclic) bond motifs is 1. The van der Waals surface area contributed by atoms with Gasteiger partial charge in [-0.05, 0) is 24.5 Å². The van der Waals surface area contributed by atoms with E-state index in [1.807, 2.05) is 33.6 Å². The summed E-state index contributed by atoms with van der Waals surface area (Å²) in [5.41, 5.74) is 9.42. The Balaban J connectivity index is 0.000000871. The Labute approximate surface area is 150 Å². The Morgan fingerprint density at radius 1 is 1.16 bits per heavy atom. The maximum Gasteiger partial charge on any atom is 0.132 e. The first kappa shape index (κ1) is 22.7. The zero-order valence-electron chi connectivity index (χ0n) is 15.7. The molecule has 0 radical (unpaired) electrons. The number of anilines is 1. The van der Waals surface area contributed by atoms with Gasteiger partial charge in [0.25, 0.3) is 0 Å². The standard InChI is InChI=1S/C15H18N4.C2H6.CH4O.CH2O/c1-11-17-14(9-16)8-15(18-11)19-7-6-12-4-2-3-5-13(12)10-19;3*1-2/h2-5,8H,6-7,9-10,16H2,1H3;1-2H3;2H,1H3;1H2. The van der Waals surface area contributed by atoms with Gasteiger partial charge in [-0.25, -0.2) is 9.97 Å². The number of aliphatic hydroxyl groups excluding tert-OH is 1. The molecule has 1 aliphatic heterocycles. The minimum absolute atomic E-state index is 0.459. The number of carbonyl (C=O) groups excluding carboxylic acids is 1. The van der Waals surface area contributed by atoms with E-state index >= 15 is 0 Å². The van der Waals surface area contributed by atoms with Gasteiger partial charge in [0.2, 0.25) is 0 Å². The predicted molar refractivity (Wildman–Crippen MR) is 102 cm³/mol. The zero-order valence-corrected chi connectivity index (χ0v) is 15.7. The largest absolute Gasteiger partial charge is 0.400 e. The number of nitrogens with zero attached hydrogens (tertiary/aromatic N) is 3. The first-order chi connectivity index (χ1) is 12.3. The Hall–Kier alpha value is -2.31. The molecule has 1 aromatic heterocycles. The maximum absolute atomic E-state index is 8.00. The van der Waals surface area contributed by atoms with E-state index in [0.717, 1.165) is 44.0 Å². The third kappa shape index (κ3) is 6.60. The van der Waals surface area contributed by atoms with E-state index in [0.29, 0.717) is 6.54 Å². The maximum atomic E-state index is 8.00. The second-order valence-electron chi connectivity index (χ2n) is 4.91.